The molecule has 1 atom stereocenters. The highest BCUT2D eigenvalue weighted by atomic mass is 79.9. The van der Waals surface area contributed by atoms with Gasteiger partial charge in [0.1, 0.15) is 5.75 Å². The normalized spacial score (nSPS) is 12.5. The molecular weight excluding hydrogens is 278 g/mol. The van der Waals surface area contributed by atoms with Gasteiger partial charge in [0.15, 0.2) is 0 Å². The SMILES string of the molecule is CCOc1ccc(C(CC)CCCN)cc1Br. The summed E-state index contributed by atoms with van der Waals surface area (Å²) < 4.78 is 6.56. The summed E-state index contributed by atoms with van der Waals surface area (Å²) in [7, 11) is 0. The molecule has 0 amide bonds. The second-order valence-electron chi connectivity index (χ2n) is 4.16. The average Bonchev–Trinajstić information content (AvgIpc) is 2.33. The van der Waals surface area contributed by atoms with E-state index in [0.29, 0.717) is 12.5 Å². The molecule has 0 saturated carbocycles. The van der Waals surface area contributed by atoms with Crippen molar-refractivity contribution in [2.75, 3.05) is 13.2 Å². The molecule has 3 heteroatoms. The van der Waals surface area contributed by atoms with E-state index in [1.807, 2.05) is 13.0 Å². The number of benzene rings is 1. The molecule has 0 bridgehead atoms. The van der Waals surface area contributed by atoms with Gasteiger partial charge in [-0.3, -0.25) is 0 Å². The summed E-state index contributed by atoms with van der Waals surface area (Å²) in [6.07, 6.45) is 3.40. The molecule has 1 aromatic rings. The Morgan fingerprint density at radius 2 is 2.12 bits per heavy atom. The number of ether oxygens (including phenoxy) is 1. The highest BCUT2D eigenvalue weighted by molar-refractivity contribution is 9.10. The van der Waals surface area contributed by atoms with Gasteiger partial charge >= 0.3 is 0 Å². The Kier molecular flexibility index (Phi) is 6.60. The van der Waals surface area contributed by atoms with Crippen LogP contribution in [0.2, 0.25) is 0 Å². The molecule has 17 heavy (non-hydrogen) atoms. The molecule has 0 heterocycles. The van der Waals surface area contributed by atoms with E-state index in [1.54, 1.807) is 0 Å². The van der Waals surface area contributed by atoms with E-state index in [0.717, 1.165) is 36.0 Å². The maximum absolute atomic E-state index is 5.57. The molecule has 0 aliphatic rings. The quantitative estimate of drug-likeness (QED) is 0.823. The van der Waals surface area contributed by atoms with Gasteiger partial charge in [-0.05, 0) is 72.3 Å². The van der Waals surface area contributed by atoms with Gasteiger partial charge < -0.3 is 10.5 Å². The third-order valence-electron chi connectivity index (χ3n) is 2.98. The van der Waals surface area contributed by atoms with Gasteiger partial charge in [-0.15, -0.1) is 0 Å². The van der Waals surface area contributed by atoms with Crippen LogP contribution in [0.5, 0.6) is 5.75 Å². The van der Waals surface area contributed by atoms with E-state index in [9.17, 15) is 0 Å². The van der Waals surface area contributed by atoms with Gasteiger partial charge in [0.25, 0.3) is 0 Å². The van der Waals surface area contributed by atoms with Gasteiger partial charge in [0.05, 0.1) is 11.1 Å². The van der Waals surface area contributed by atoms with Crippen LogP contribution in [-0.4, -0.2) is 13.2 Å². The fraction of sp³-hybridized carbons (Fsp3) is 0.571. The van der Waals surface area contributed by atoms with Crippen LogP contribution in [0.1, 0.15) is 44.6 Å². The van der Waals surface area contributed by atoms with E-state index < -0.39 is 0 Å². The number of halogens is 1. The van der Waals surface area contributed by atoms with Crippen LogP contribution < -0.4 is 10.5 Å². The molecule has 0 aliphatic heterocycles. The Hall–Kier alpha value is -0.540. The van der Waals surface area contributed by atoms with Crippen molar-refractivity contribution in [2.45, 2.75) is 39.0 Å². The Morgan fingerprint density at radius 1 is 1.35 bits per heavy atom. The van der Waals surface area contributed by atoms with Crippen LogP contribution in [0.15, 0.2) is 22.7 Å². The zero-order valence-electron chi connectivity index (χ0n) is 10.7. The van der Waals surface area contributed by atoms with Gasteiger partial charge in [0.2, 0.25) is 0 Å². The summed E-state index contributed by atoms with van der Waals surface area (Å²) in [6.45, 7) is 5.69. The first-order valence-corrected chi connectivity index (χ1v) is 7.14. The number of hydrogen-bond acceptors (Lipinski definition) is 2. The summed E-state index contributed by atoms with van der Waals surface area (Å²) in [5, 5.41) is 0. The van der Waals surface area contributed by atoms with Crippen molar-refractivity contribution < 1.29 is 4.74 Å². The molecule has 2 nitrogen and oxygen atoms in total. The number of hydrogen-bond donors (Lipinski definition) is 1. The summed E-state index contributed by atoms with van der Waals surface area (Å²) in [5.41, 5.74) is 6.95. The standard InChI is InChI=1S/C14H22BrNO/c1-3-11(6-5-9-16)12-7-8-14(17-4-2)13(15)10-12/h7-8,10-11H,3-6,9,16H2,1-2H3. The van der Waals surface area contributed by atoms with Crippen molar-refractivity contribution >= 4 is 15.9 Å². The second kappa shape index (κ2) is 7.72. The molecule has 0 saturated heterocycles. The Morgan fingerprint density at radius 3 is 2.65 bits per heavy atom. The lowest BCUT2D eigenvalue weighted by atomic mass is 9.92. The smallest absolute Gasteiger partial charge is 0.133 e. The van der Waals surface area contributed by atoms with Crippen LogP contribution in [0, 0.1) is 0 Å². The fourth-order valence-corrected chi connectivity index (χ4v) is 2.53. The van der Waals surface area contributed by atoms with Crippen LogP contribution in [0.25, 0.3) is 0 Å². The Labute approximate surface area is 113 Å². The van der Waals surface area contributed by atoms with Gasteiger partial charge in [-0.1, -0.05) is 13.0 Å². The predicted molar refractivity (Wildman–Crippen MR) is 76.6 cm³/mol. The Bertz CT molecular complexity index is 341. The van der Waals surface area contributed by atoms with Crippen molar-refractivity contribution in [3.8, 4) is 5.75 Å². The lowest BCUT2D eigenvalue weighted by molar-refractivity contribution is 0.338. The summed E-state index contributed by atoms with van der Waals surface area (Å²) in [5.74, 6) is 1.52. The minimum Gasteiger partial charge on any atom is -0.493 e. The molecule has 0 fully saturated rings. The average molecular weight is 300 g/mol. The van der Waals surface area contributed by atoms with Crippen LogP contribution in [-0.2, 0) is 0 Å². The van der Waals surface area contributed by atoms with Crippen molar-refractivity contribution in [1.29, 1.82) is 0 Å². The summed E-state index contributed by atoms with van der Waals surface area (Å²) >= 11 is 3.56. The zero-order chi connectivity index (χ0) is 12.7. The van der Waals surface area contributed by atoms with E-state index in [-0.39, 0.29) is 0 Å². The second-order valence-corrected chi connectivity index (χ2v) is 5.01. The lowest BCUT2D eigenvalue weighted by Crippen LogP contribution is -2.04. The molecule has 2 N–H and O–H groups in total. The van der Waals surface area contributed by atoms with Crippen LogP contribution >= 0.6 is 15.9 Å². The zero-order valence-corrected chi connectivity index (χ0v) is 12.3. The van der Waals surface area contributed by atoms with Crippen molar-refractivity contribution in [2.24, 2.45) is 5.73 Å². The van der Waals surface area contributed by atoms with E-state index in [4.69, 9.17) is 10.5 Å². The van der Waals surface area contributed by atoms with Crippen LogP contribution in [0.3, 0.4) is 0 Å². The lowest BCUT2D eigenvalue weighted by Gasteiger charge is -2.16. The van der Waals surface area contributed by atoms with E-state index in [1.165, 1.54) is 5.56 Å². The molecule has 96 valence electrons. The van der Waals surface area contributed by atoms with Crippen LogP contribution in [0.4, 0.5) is 0 Å². The maximum atomic E-state index is 5.57. The van der Waals surface area contributed by atoms with Crippen molar-refractivity contribution in [3.63, 3.8) is 0 Å². The predicted octanol–water partition coefficient (Wildman–Crippen LogP) is 4.08. The van der Waals surface area contributed by atoms with E-state index in [2.05, 4.69) is 35.0 Å². The topological polar surface area (TPSA) is 35.2 Å². The summed E-state index contributed by atoms with van der Waals surface area (Å²) in [6, 6.07) is 6.39. The summed E-state index contributed by atoms with van der Waals surface area (Å²) in [4.78, 5) is 0. The monoisotopic (exact) mass is 299 g/mol. The highest BCUT2D eigenvalue weighted by Crippen LogP contribution is 2.32. The first-order valence-electron chi connectivity index (χ1n) is 6.35. The number of nitrogens with two attached hydrogens (primary N) is 1. The minimum atomic E-state index is 0.602. The van der Waals surface area contributed by atoms with Crippen molar-refractivity contribution in [1.82, 2.24) is 0 Å². The maximum Gasteiger partial charge on any atom is 0.133 e. The first-order chi connectivity index (χ1) is 8.22. The molecule has 1 unspecified atom stereocenters. The third kappa shape index (κ3) is 4.32. The molecule has 0 aliphatic carbocycles. The molecular formula is C14H22BrNO. The Balaban J connectivity index is 2.79. The fourth-order valence-electron chi connectivity index (χ4n) is 2.01. The molecule has 1 rings (SSSR count). The van der Waals surface area contributed by atoms with Crippen molar-refractivity contribution in [3.05, 3.63) is 28.2 Å². The molecule has 0 aromatic heterocycles. The van der Waals surface area contributed by atoms with Gasteiger partial charge in [0, 0.05) is 0 Å². The molecule has 0 spiro atoms. The van der Waals surface area contributed by atoms with Gasteiger partial charge in [-0.2, -0.15) is 0 Å². The molecule has 1 aromatic carbocycles. The number of rotatable bonds is 7. The largest absolute Gasteiger partial charge is 0.493 e. The van der Waals surface area contributed by atoms with E-state index >= 15 is 0 Å². The van der Waals surface area contributed by atoms with Gasteiger partial charge in [-0.25, -0.2) is 0 Å². The molecule has 0 radical (unpaired) electrons. The third-order valence-corrected chi connectivity index (χ3v) is 3.60. The highest BCUT2D eigenvalue weighted by Gasteiger charge is 2.11. The minimum absolute atomic E-state index is 0.602. The first kappa shape index (κ1) is 14.5.